The van der Waals surface area contributed by atoms with Crippen molar-refractivity contribution in [1.29, 1.82) is 0 Å². The van der Waals surface area contributed by atoms with E-state index in [1.165, 1.54) is 18.2 Å². The van der Waals surface area contributed by atoms with Crippen LogP contribution in [0.5, 0.6) is 0 Å². The number of benzene rings is 1. The Morgan fingerprint density at radius 1 is 1.21 bits per heavy atom. The van der Waals surface area contributed by atoms with Gasteiger partial charge in [-0.3, -0.25) is 19.6 Å². The summed E-state index contributed by atoms with van der Waals surface area (Å²) in [6.07, 6.45) is 1.68. The van der Waals surface area contributed by atoms with Gasteiger partial charge in [-0.2, -0.15) is 8.78 Å². The highest BCUT2D eigenvalue weighted by Gasteiger charge is 2.20. The highest BCUT2D eigenvalue weighted by atomic mass is 32.2. The summed E-state index contributed by atoms with van der Waals surface area (Å²) < 4.78 is 30.9. The van der Waals surface area contributed by atoms with E-state index in [-0.39, 0.29) is 23.8 Å². The normalized spacial score (nSPS) is 15.7. The van der Waals surface area contributed by atoms with E-state index in [2.05, 4.69) is 25.3 Å². The summed E-state index contributed by atoms with van der Waals surface area (Å²) in [5.41, 5.74) is 2.16. The van der Waals surface area contributed by atoms with Gasteiger partial charge in [-0.1, -0.05) is 17.8 Å². The number of hydrogen-bond donors (Lipinski definition) is 2. The highest BCUT2D eigenvalue weighted by Crippen LogP contribution is 2.26. The number of carbonyl (C=O) groups is 1. The highest BCUT2D eigenvalue weighted by molar-refractivity contribution is 7.99. The Bertz CT molecular complexity index is 1530. The lowest BCUT2D eigenvalue weighted by atomic mass is 10.2. The van der Waals surface area contributed by atoms with Crippen molar-refractivity contribution in [3.8, 4) is 11.4 Å². The number of aromatic amines is 1. The molecule has 38 heavy (non-hydrogen) atoms. The Kier molecular flexibility index (Phi) is 7.61. The Hall–Kier alpha value is -3.90. The van der Waals surface area contributed by atoms with Gasteiger partial charge in [0, 0.05) is 41.2 Å². The topological polar surface area (TPSA) is 113 Å². The van der Waals surface area contributed by atoms with Crippen molar-refractivity contribution in [2.24, 2.45) is 0 Å². The molecule has 1 amide bonds. The molecule has 1 atom stereocenters. The number of nitrogens with zero attached hydrogens (tertiary/aromatic N) is 4. The van der Waals surface area contributed by atoms with Crippen LogP contribution in [0.4, 0.5) is 14.7 Å². The van der Waals surface area contributed by atoms with E-state index in [0.717, 1.165) is 5.39 Å². The number of aromatic nitrogens is 4. The Labute approximate surface area is 220 Å². The van der Waals surface area contributed by atoms with E-state index in [1.807, 2.05) is 17.9 Å². The molecule has 3 aromatic heterocycles. The molecule has 1 aliphatic rings. The quantitative estimate of drug-likeness (QED) is 0.341. The van der Waals surface area contributed by atoms with E-state index >= 15 is 0 Å². The third-order valence-corrected chi connectivity index (χ3v) is 6.62. The molecule has 0 aliphatic carbocycles. The van der Waals surface area contributed by atoms with Gasteiger partial charge >= 0.3 is 0 Å². The predicted octanol–water partition coefficient (Wildman–Crippen LogP) is 3.85. The maximum atomic E-state index is 12.6. The number of thioether (sulfide) groups is 1. The second-order valence-corrected chi connectivity index (χ2v) is 9.80. The standard InChI is InChI=1S/C26H24F2N6O3S/c1-15-14-34(7-8-37-15)26-32-22(11-23(35)33-26)20-6-5-17-12-29-18(10-21(17)31-20)13-30-24(36)16-3-2-4-19(9-16)38-25(27)28/h2-6,9-12,15,25H,7-8,13-14H2,1H3,(H,30,36)(H,32,33,35). The van der Waals surface area contributed by atoms with Gasteiger partial charge in [0.05, 0.1) is 41.9 Å². The monoisotopic (exact) mass is 538 g/mol. The van der Waals surface area contributed by atoms with Crippen LogP contribution in [-0.2, 0) is 11.3 Å². The number of amides is 1. The fourth-order valence-electron chi connectivity index (χ4n) is 4.12. The van der Waals surface area contributed by atoms with E-state index in [4.69, 9.17) is 4.74 Å². The van der Waals surface area contributed by atoms with Crippen LogP contribution in [0.25, 0.3) is 22.3 Å². The lowest BCUT2D eigenvalue weighted by Crippen LogP contribution is -2.42. The molecule has 1 saturated heterocycles. The molecule has 0 spiro atoms. The van der Waals surface area contributed by atoms with Crippen LogP contribution in [0.15, 0.2) is 64.4 Å². The first-order chi connectivity index (χ1) is 18.3. The molecule has 9 nitrogen and oxygen atoms in total. The number of anilines is 1. The minimum absolute atomic E-state index is 0.0309. The van der Waals surface area contributed by atoms with Crippen molar-refractivity contribution in [2.75, 3.05) is 24.6 Å². The molecule has 4 heterocycles. The first-order valence-corrected chi connectivity index (χ1v) is 12.8. The summed E-state index contributed by atoms with van der Waals surface area (Å²) in [5, 5.41) is 3.55. The molecule has 196 valence electrons. The van der Waals surface area contributed by atoms with Gasteiger partial charge in [-0.15, -0.1) is 0 Å². The van der Waals surface area contributed by atoms with Crippen LogP contribution >= 0.6 is 11.8 Å². The van der Waals surface area contributed by atoms with Gasteiger partial charge in [0.2, 0.25) is 5.95 Å². The SMILES string of the molecule is CC1CN(c2nc(-c3ccc4cnc(CNC(=O)c5cccc(SC(F)F)c5)cc4n3)cc(=O)[nH]2)CCO1. The lowest BCUT2D eigenvalue weighted by Gasteiger charge is -2.31. The van der Waals surface area contributed by atoms with Gasteiger partial charge in [0.15, 0.2) is 0 Å². The number of nitrogens with one attached hydrogen (secondary N) is 2. The molecular weight excluding hydrogens is 514 g/mol. The van der Waals surface area contributed by atoms with E-state index in [0.29, 0.717) is 64.9 Å². The molecular formula is C26H24F2N6O3S. The molecule has 12 heteroatoms. The molecule has 4 aromatic rings. The maximum Gasteiger partial charge on any atom is 0.288 e. The van der Waals surface area contributed by atoms with Gasteiger partial charge in [0.25, 0.3) is 17.2 Å². The minimum atomic E-state index is -2.56. The summed E-state index contributed by atoms with van der Waals surface area (Å²) in [6.45, 7) is 3.88. The van der Waals surface area contributed by atoms with Crippen LogP contribution in [0.2, 0.25) is 0 Å². The summed E-state index contributed by atoms with van der Waals surface area (Å²) in [7, 11) is 0. The van der Waals surface area contributed by atoms with Gasteiger partial charge in [-0.25, -0.2) is 9.97 Å². The Morgan fingerprint density at radius 3 is 2.89 bits per heavy atom. The van der Waals surface area contributed by atoms with Crippen molar-refractivity contribution in [2.45, 2.75) is 30.2 Å². The van der Waals surface area contributed by atoms with Crippen LogP contribution in [0.3, 0.4) is 0 Å². The smallest absolute Gasteiger partial charge is 0.288 e. The maximum absolute atomic E-state index is 12.6. The molecule has 1 unspecified atom stereocenters. The van der Waals surface area contributed by atoms with Crippen molar-refractivity contribution in [3.63, 3.8) is 0 Å². The zero-order valence-electron chi connectivity index (χ0n) is 20.4. The van der Waals surface area contributed by atoms with Crippen LogP contribution < -0.4 is 15.8 Å². The Morgan fingerprint density at radius 2 is 2.08 bits per heavy atom. The molecule has 1 fully saturated rings. The number of ether oxygens (including phenoxy) is 1. The number of carbonyl (C=O) groups excluding carboxylic acids is 1. The van der Waals surface area contributed by atoms with Crippen molar-refractivity contribution in [3.05, 3.63) is 76.3 Å². The number of H-pyrrole nitrogens is 1. The van der Waals surface area contributed by atoms with E-state index in [1.54, 1.807) is 30.5 Å². The van der Waals surface area contributed by atoms with Crippen molar-refractivity contribution in [1.82, 2.24) is 25.3 Å². The lowest BCUT2D eigenvalue weighted by molar-refractivity contribution is 0.0526. The van der Waals surface area contributed by atoms with Crippen LogP contribution in [0.1, 0.15) is 23.0 Å². The molecule has 1 aromatic carbocycles. The number of rotatable bonds is 7. The van der Waals surface area contributed by atoms with E-state index < -0.39 is 11.7 Å². The first-order valence-electron chi connectivity index (χ1n) is 11.9. The third kappa shape index (κ3) is 6.14. The number of fused-ring (bicyclic) bond motifs is 1. The molecule has 0 saturated carbocycles. The largest absolute Gasteiger partial charge is 0.375 e. The van der Waals surface area contributed by atoms with Gasteiger partial charge in [0.1, 0.15) is 0 Å². The average molecular weight is 539 g/mol. The fraction of sp³-hybridized carbons (Fsp3) is 0.269. The average Bonchev–Trinajstić information content (AvgIpc) is 2.90. The fourth-order valence-corrected chi connectivity index (χ4v) is 4.68. The summed E-state index contributed by atoms with van der Waals surface area (Å²) in [6, 6.07) is 12.9. The second kappa shape index (κ2) is 11.2. The number of halogens is 2. The van der Waals surface area contributed by atoms with Gasteiger partial charge < -0.3 is 15.0 Å². The number of hydrogen-bond acceptors (Lipinski definition) is 8. The van der Waals surface area contributed by atoms with Crippen molar-refractivity contribution >= 4 is 34.5 Å². The summed E-state index contributed by atoms with van der Waals surface area (Å²) in [4.78, 5) is 43.8. The summed E-state index contributed by atoms with van der Waals surface area (Å²) in [5.74, 6) is -2.49. The number of morpholine rings is 1. The molecule has 0 radical (unpaired) electrons. The molecule has 2 N–H and O–H groups in total. The molecule has 5 rings (SSSR count). The minimum Gasteiger partial charge on any atom is -0.375 e. The summed E-state index contributed by atoms with van der Waals surface area (Å²) >= 11 is 0.386. The third-order valence-electron chi connectivity index (χ3n) is 5.91. The molecule has 1 aliphatic heterocycles. The zero-order valence-corrected chi connectivity index (χ0v) is 21.2. The Balaban J connectivity index is 1.34. The second-order valence-electron chi connectivity index (χ2n) is 8.74. The van der Waals surface area contributed by atoms with Crippen LogP contribution in [0, 0.1) is 0 Å². The molecule has 0 bridgehead atoms. The van der Waals surface area contributed by atoms with Crippen molar-refractivity contribution < 1.29 is 18.3 Å². The predicted molar refractivity (Wildman–Crippen MR) is 140 cm³/mol. The number of alkyl halides is 2. The van der Waals surface area contributed by atoms with Crippen LogP contribution in [-0.4, -0.2) is 57.4 Å². The first kappa shape index (κ1) is 25.7. The zero-order chi connectivity index (χ0) is 26.6. The number of pyridine rings is 2. The van der Waals surface area contributed by atoms with Gasteiger partial charge in [-0.05, 0) is 43.3 Å². The van der Waals surface area contributed by atoms with E-state index in [9.17, 15) is 18.4 Å².